The topological polar surface area (TPSA) is 34.1 Å². The minimum Gasteiger partial charge on any atom is -0.488 e. The molecule has 2 heterocycles. The van der Waals surface area contributed by atoms with E-state index in [0.29, 0.717) is 6.61 Å². The second-order valence-corrected chi connectivity index (χ2v) is 3.85. The van der Waals surface area contributed by atoms with Gasteiger partial charge < -0.3 is 10.1 Å². The largest absolute Gasteiger partial charge is 0.488 e. The van der Waals surface area contributed by atoms with Crippen molar-refractivity contribution in [2.24, 2.45) is 0 Å². The molecule has 86 valence electrons. The number of pyridine rings is 1. The Morgan fingerprint density at radius 2 is 2.00 bits per heavy atom. The summed E-state index contributed by atoms with van der Waals surface area (Å²) in [5.74, 6) is 1.28. The number of aromatic nitrogens is 1. The number of halogens is 1. The van der Waals surface area contributed by atoms with E-state index in [2.05, 4.69) is 10.3 Å². The summed E-state index contributed by atoms with van der Waals surface area (Å²) < 4.78 is 18.3. The molecule has 0 saturated heterocycles. The standard InChI is InChI=1S/C13H11FN2O/c14-11-3-1-9(2-4-11)10-7-12-13(16-8-10)15-5-6-17-12/h1-4,7-8H,5-6H2,(H,15,16). The predicted molar refractivity (Wildman–Crippen MR) is 63.6 cm³/mol. The molecule has 0 fully saturated rings. The van der Waals surface area contributed by atoms with Gasteiger partial charge in [0.1, 0.15) is 12.4 Å². The van der Waals surface area contributed by atoms with Crippen LogP contribution in [0.15, 0.2) is 36.5 Å². The molecule has 3 nitrogen and oxygen atoms in total. The molecule has 1 aromatic carbocycles. The summed E-state index contributed by atoms with van der Waals surface area (Å²) in [5.41, 5.74) is 1.85. The molecule has 0 bridgehead atoms. The SMILES string of the molecule is Fc1ccc(-c2cnc3c(c2)OCCN3)cc1. The Morgan fingerprint density at radius 3 is 2.82 bits per heavy atom. The molecular formula is C13H11FN2O. The van der Waals surface area contributed by atoms with E-state index in [1.54, 1.807) is 18.3 Å². The Labute approximate surface area is 98.3 Å². The van der Waals surface area contributed by atoms with Gasteiger partial charge in [0, 0.05) is 11.8 Å². The third-order valence-electron chi connectivity index (χ3n) is 2.68. The number of rotatable bonds is 1. The molecule has 0 saturated carbocycles. The molecule has 1 aliphatic rings. The van der Waals surface area contributed by atoms with Crippen LogP contribution in [-0.4, -0.2) is 18.1 Å². The van der Waals surface area contributed by atoms with E-state index < -0.39 is 0 Å². The van der Waals surface area contributed by atoms with Gasteiger partial charge in [-0.15, -0.1) is 0 Å². The maximum absolute atomic E-state index is 12.8. The monoisotopic (exact) mass is 230 g/mol. The first kappa shape index (κ1) is 10.1. The first-order valence-electron chi connectivity index (χ1n) is 5.45. The van der Waals surface area contributed by atoms with E-state index in [1.165, 1.54) is 12.1 Å². The van der Waals surface area contributed by atoms with Crippen molar-refractivity contribution >= 4 is 5.82 Å². The summed E-state index contributed by atoms with van der Waals surface area (Å²) in [4.78, 5) is 4.29. The molecule has 0 amide bonds. The van der Waals surface area contributed by atoms with Crippen molar-refractivity contribution in [3.05, 3.63) is 42.3 Å². The lowest BCUT2D eigenvalue weighted by molar-refractivity contribution is 0.321. The van der Waals surface area contributed by atoms with Crippen LogP contribution < -0.4 is 10.1 Å². The smallest absolute Gasteiger partial charge is 0.168 e. The van der Waals surface area contributed by atoms with Gasteiger partial charge in [0.05, 0.1) is 6.54 Å². The average molecular weight is 230 g/mol. The van der Waals surface area contributed by atoms with Crippen LogP contribution in [0.3, 0.4) is 0 Å². The molecule has 1 N–H and O–H groups in total. The number of benzene rings is 1. The van der Waals surface area contributed by atoms with Crippen LogP contribution in [0, 0.1) is 5.82 Å². The molecule has 0 radical (unpaired) electrons. The first-order valence-corrected chi connectivity index (χ1v) is 5.45. The van der Waals surface area contributed by atoms with E-state index in [-0.39, 0.29) is 5.82 Å². The lowest BCUT2D eigenvalue weighted by Crippen LogP contribution is -2.18. The molecule has 4 heteroatoms. The molecule has 0 aliphatic carbocycles. The number of hydrogen-bond acceptors (Lipinski definition) is 3. The Balaban J connectivity index is 2.01. The molecule has 0 spiro atoms. The summed E-state index contributed by atoms with van der Waals surface area (Å²) >= 11 is 0. The lowest BCUT2D eigenvalue weighted by atomic mass is 10.1. The van der Waals surface area contributed by atoms with Gasteiger partial charge in [0.25, 0.3) is 0 Å². The van der Waals surface area contributed by atoms with E-state index in [1.807, 2.05) is 6.07 Å². The second-order valence-electron chi connectivity index (χ2n) is 3.85. The maximum atomic E-state index is 12.8. The van der Waals surface area contributed by atoms with Gasteiger partial charge >= 0.3 is 0 Å². The van der Waals surface area contributed by atoms with Gasteiger partial charge in [-0.1, -0.05) is 12.1 Å². The molecule has 3 rings (SSSR count). The van der Waals surface area contributed by atoms with E-state index in [4.69, 9.17) is 4.74 Å². The van der Waals surface area contributed by atoms with Crippen LogP contribution in [0.2, 0.25) is 0 Å². The Kier molecular flexibility index (Phi) is 2.40. The molecular weight excluding hydrogens is 219 g/mol. The zero-order valence-electron chi connectivity index (χ0n) is 9.11. The van der Waals surface area contributed by atoms with Gasteiger partial charge in [-0.2, -0.15) is 0 Å². The van der Waals surface area contributed by atoms with E-state index in [9.17, 15) is 4.39 Å². The quantitative estimate of drug-likeness (QED) is 0.817. The van der Waals surface area contributed by atoms with Gasteiger partial charge in [-0.25, -0.2) is 9.37 Å². The van der Waals surface area contributed by atoms with Crippen molar-refractivity contribution in [3.63, 3.8) is 0 Å². The molecule has 17 heavy (non-hydrogen) atoms. The minimum atomic E-state index is -0.238. The van der Waals surface area contributed by atoms with E-state index >= 15 is 0 Å². The summed E-state index contributed by atoms with van der Waals surface area (Å²) in [7, 11) is 0. The molecule has 2 aromatic rings. The predicted octanol–water partition coefficient (Wildman–Crippen LogP) is 2.69. The average Bonchev–Trinajstić information content (AvgIpc) is 2.39. The van der Waals surface area contributed by atoms with Crippen molar-refractivity contribution < 1.29 is 9.13 Å². The lowest BCUT2D eigenvalue weighted by Gasteiger charge is -2.18. The second kappa shape index (κ2) is 4.05. The first-order chi connectivity index (χ1) is 8.33. The molecule has 0 unspecified atom stereocenters. The Morgan fingerprint density at radius 1 is 1.18 bits per heavy atom. The third kappa shape index (κ3) is 1.93. The molecule has 0 atom stereocenters. The molecule has 1 aliphatic heterocycles. The highest BCUT2D eigenvalue weighted by atomic mass is 19.1. The number of fused-ring (bicyclic) bond motifs is 1. The number of hydrogen-bond donors (Lipinski definition) is 1. The summed E-state index contributed by atoms with van der Waals surface area (Å²) in [5, 5.41) is 3.15. The fourth-order valence-corrected chi connectivity index (χ4v) is 1.82. The highest BCUT2D eigenvalue weighted by molar-refractivity contribution is 5.68. The van der Waals surface area contributed by atoms with E-state index in [0.717, 1.165) is 29.2 Å². The van der Waals surface area contributed by atoms with Crippen LogP contribution in [-0.2, 0) is 0 Å². The fraction of sp³-hybridized carbons (Fsp3) is 0.154. The Bertz CT molecular complexity index is 540. The number of nitrogens with one attached hydrogen (secondary N) is 1. The van der Waals surface area contributed by atoms with Crippen molar-refractivity contribution in [2.75, 3.05) is 18.5 Å². The number of nitrogens with zero attached hydrogens (tertiary/aromatic N) is 1. The van der Waals surface area contributed by atoms with Crippen molar-refractivity contribution in [2.45, 2.75) is 0 Å². The van der Waals surface area contributed by atoms with Crippen molar-refractivity contribution in [1.82, 2.24) is 4.98 Å². The fourth-order valence-electron chi connectivity index (χ4n) is 1.82. The third-order valence-corrected chi connectivity index (χ3v) is 2.68. The minimum absolute atomic E-state index is 0.238. The van der Waals surface area contributed by atoms with Gasteiger partial charge in [-0.3, -0.25) is 0 Å². The normalized spacial score (nSPS) is 13.5. The van der Waals surface area contributed by atoms with Gasteiger partial charge in [0.15, 0.2) is 11.6 Å². The highest BCUT2D eigenvalue weighted by Gasteiger charge is 2.11. The molecule has 1 aromatic heterocycles. The zero-order valence-corrected chi connectivity index (χ0v) is 9.11. The summed E-state index contributed by atoms with van der Waals surface area (Å²) in [6, 6.07) is 8.26. The van der Waals surface area contributed by atoms with Crippen LogP contribution in [0.4, 0.5) is 10.2 Å². The van der Waals surface area contributed by atoms with Crippen LogP contribution in [0.25, 0.3) is 11.1 Å². The number of anilines is 1. The van der Waals surface area contributed by atoms with Gasteiger partial charge in [0.2, 0.25) is 0 Å². The van der Waals surface area contributed by atoms with Gasteiger partial charge in [-0.05, 0) is 23.8 Å². The summed E-state index contributed by atoms with van der Waals surface area (Å²) in [6.07, 6.45) is 1.76. The highest BCUT2D eigenvalue weighted by Crippen LogP contribution is 2.30. The van der Waals surface area contributed by atoms with Crippen LogP contribution in [0.1, 0.15) is 0 Å². The summed E-state index contributed by atoms with van der Waals surface area (Å²) in [6.45, 7) is 1.41. The zero-order chi connectivity index (χ0) is 11.7. The van der Waals surface area contributed by atoms with Crippen molar-refractivity contribution in [1.29, 1.82) is 0 Å². The van der Waals surface area contributed by atoms with Crippen LogP contribution in [0.5, 0.6) is 5.75 Å². The maximum Gasteiger partial charge on any atom is 0.168 e. The van der Waals surface area contributed by atoms with Crippen LogP contribution >= 0.6 is 0 Å². The Hall–Kier alpha value is -2.10. The van der Waals surface area contributed by atoms with Crippen molar-refractivity contribution in [3.8, 4) is 16.9 Å². The number of ether oxygens (including phenoxy) is 1.